The second-order valence-corrected chi connectivity index (χ2v) is 17.2. The van der Waals surface area contributed by atoms with Crippen LogP contribution in [0.15, 0.2) is 130 Å². The van der Waals surface area contributed by atoms with E-state index in [4.69, 9.17) is 31.9 Å². The first-order valence-corrected chi connectivity index (χ1v) is 20.0. The molecule has 276 valence electrons. The van der Waals surface area contributed by atoms with Crippen molar-refractivity contribution in [1.82, 2.24) is 0 Å². The number of para-hydroxylation sites is 1. The molecule has 0 saturated heterocycles. The van der Waals surface area contributed by atoms with E-state index in [2.05, 4.69) is 0 Å². The molecule has 0 fully saturated rings. The van der Waals surface area contributed by atoms with E-state index in [1.54, 1.807) is 66.7 Å². The molecule has 0 aliphatic rings. The summed E-state index contributed by atoms with van der Waals surface area (Å²) >= 11 is 0. The third-order valence-electron chi connectivity index (χ3n) is 8.48. The van der Waals surface area contributed by atoms with E-state index >= 15 is 4.57 Å². The molecule has 0 unspecified atom stereocenters. The first-order chi connectivity index (χ1) is 25.4. The molecule has 2 aromatic heterocycles. The Morgan fingerprint density at radius 3 is 1.66 bits per heavy atom. The van der Waals surface area contributed by atoms with Gasteiger partial charge in [0.05, 0.1) is 26.5 Å². The molecule has 1 atom stereocenters. The van der Waals surface area contributed by atoms with Gasteiger partial charge < -0.3 is 36.4 Å². The molecule has 6 aromatic rings. The molecule has 2 heterocycles. The van der Waals surface area contributed by atoms with Gasteiger partial charge in [0.1, 0.15) is 35.1 Å². The third-order valence-corrected chi connectivity index (χ3v) is 14.3. The molecule has 0 radical (unpaired) electrons. The van der Waals surface area contributed by atoms with Crippen LogP contribution in [0.25, 0.3) is 22.6 Å². The van der Waals surface area contributed by atoms with Gasteiger partial charge in [0, 0.05) is 11.1 Å². The minimum Gasteiger partial charge on any atom is -0.497 e. The van der Waals surface area contributed by atoms with Crippen molar-refractivity contribution in [2.24, 2.45) is 0 Å². The van der Waals surface area contributed by atoms with Crippen molar-refractivity contribution in [2.45, 2.75) is 36.6 Å². The van der Waals surface area contributed by atoms with Crippen molar-refractivity contribution < 1.29 is 49.4 Å². The van der Waals surface area contributed by atoms with E-state index in [9.17, 15) is 22.6 Å². The van der Waals surface area contributed by atoms with Gasteiger partial charge in [0.15, 0.2) is 23.0 Å². The van der Waals surface area contributed by atoms with Crippen LogP contribution in [0.2, 0.25) is 0 Å². The number of hydrogen-bond acceptors (Lipinski definition) is 12. The highest BCUT2D eigenvalue weighted by Crippen LogP contribution is 2.61. The standard InChI is InChI=1S/C38H35O13PS/c1-45-28-18-14-26(15-19-28)35-32(48-37(39)50-35)23-52(41,24-33-36(51-38(40)49-33)27-16-20-29(46-2)21-17-27)34(53(42,43)44)13-7-9-25-8-6-12-31(22-25)47-30-10-4-3-5-11-30/h3-6,8,10-12,14-22,34H,7,9,13,23-24H2,1-2H3,(H,42,43,44)/t34-/m0/s1. The zero-order valence-corrected chi connectivity index (χ0v) is 30.3. The fourth-order valence-electron chi connectivity index (χ4n) is 5.99. The van der Waals surface area contributed by atoms with Gasteiger partial charge in [-0.1, -0.05) is 30.3 Å². The van der Waals surface area contributed by atoms with E-state index in [1.807, 2.05) is 36.4 Å². The van der Waals surface area contributed by atoms with Crippen molar-refractivity contribution >= 4 is 17.3 Å². The van der Waals surface area contributed by atoms with Gasteiger partial charge >= 0.3 is 11.6 Å². The predicted octanol–water partition coefficient (Wildman–Crippen LogP) is 8.22. The van der Waals surface area contributed by atoms with E-state index in [1.165, 1.54) is 14.2 Å². The minimum atomic E-state index is -5.05. The lowest BCUT2D eigenvalue weighted by Gasteiger charge is -2.25. The van der Waals surface area contributed by atoms with E-state index in [0.717, 1.165) is 5.56 Å². The summed E-state index contributed by atoms with van der Waals surface area (Å²) in [6, 6.07) is 29.1. The Balaban J connectivity index is 1.35. The van der Waals surface area contributed by atoms with Gasteiger partial charge in [-0.3, -0.25) is 4.55 Å². The molecule has 0 aliphatic carbocycles. The summed E-state index contributed by atoms with van der Waals surface area (Å²) in [5.74, 6) is -0.645. The largest absolute Gasteiger partial charge is 0.519 e. The summed E-state index contributed by atoms with van der Waals surface area (Å²) in [7, 11) is -6.45. The molecule has 53 heavy (non-hydrogen) atoms. The van der Waals surface area contributed by atoms with Gasteiger partial charge in [0.25, 0.3) is 10.1 Å². The lowest BCUT2D eigenvalue weighted by atomic mass is 10.1. The maximum atomic E-state index is 15.4. The Morgan fingerprint density at radius 2 is 1.17 bits per heavy atom. The molecular formula is C38H35O13PS. The maximum absolute atomic E-state index is 15.4. The van der Waals surface area contributed by atoms with Crippen molar-refractivity contribution in [3.8, 4) is 45.6 Å². The Morgan fingerprint density at radius 1 is 0.660 bits per heavy atom. The normalized spacial score (nSPS) is 12.4. The Labute approximate surface area is 303 Å². The molecule has 15 heteroatoms. The molecule has 0 saturated carbocycles. The number of benzene rings is 4. The molecule has 4 aromatic carbocycles. The van der Waals surface area contributed by atoms with Gasteiger partial charge in [-0.25, -0.2) is 9.59 Å². The number of methoxy groups -OCH3 is 2. The molecule has 0 aliphatic heterocycles. The molecule has 1 N–H and O–H groups in total. The van der Waals surface area contributed by atoms with E-state index in [0.29, 0.717) is 40.5 Å². The highest BCUT2D eigenvalue weighted by molar-refractivity contribution is 7.95. The zero-order chi connectivity index (χ0) is 37.6. The van der Waals surface area contributed by atoms with Crippen LogP contribution < -0.4 is 25.9 Å². The monoisotopic (exact) mass is 762 g/mol. The summed E-state index contributed by atoms with van der Waals surface area (Å²) in [5, 5.41) is 0. The van der Waals surface area contributed by atoms with Crippen LogP contribution in [0.1, 0.15) is 29.9 Å². The highest BCUT2D eigenvalue weighted by Gasteiger charge is 2.45. The van der Waals surface area contributed by atoms with E-state index < -0.39 is 46.2 Å². The predicted molar refractivity (Wildman–Crippen MR) is 195 cm³/mol. The van der Waals surface area contributed by atoms with Crippen LogP contribution in [-0.2, 0) is 33.4 Å². The topological polar surface area (TPSA) is 186 Å². The Bertz CT molecular complexity index is 2320. The minimum absolute atomic E-state index is 0.0915. The SMILES string of the molecule is COc1ccc(-c2oc(=O)oc2CP(=O)(Cc2oc(=O)oc2-c2ccc(OC)cc2)[C@H](CCCc2cccc(Oc3ccccc3)c2)S(=O)(=O)O)cc1. The lowest BCUT2D eigenvalue weighted by Crippen LogP contribution is -2.23. The quantitative estimate of drug-likeness (QED) is 0.0735. The Kier molecular flexibility index (Phi) is 11.2. The van der Waals surface area contributed by atoms with Crippen molar-refractivity contribution in [3.63, 3.8) is 0 Å². The average Bonchev–Trinajstić information content (AvgIpc) is 3.70. The fraction of sp³-hybridized carbons (Fsp3) is 0.211. The molecule has 0 amide bonds. The molecule has 13 nitrogen and oxygen atoms in total. The summed E-state index contributed by atoms with van der Waals surface area (Å²) in [4.78, 5) is 23.1. The number of aryl methyl sites for hydroxylation is 1. The number of hydrogen-bond donors (Lipinski definition) is 1. The van der Waals surface area contributed by atoms with Gasteiger partial charge in [0.2, 0.25) is 0 Å². The fourth-order valence-corrected chi connectivity index (χ4v) is 11.4. The Hall–Kier alpha value is -5.56. The van der Waals surface area contributed by atoms with Crippen molar-refractivity contribution in [2.75, 3.05) is 14.2 Å². The maximum Gasteiger partial charge on any atom is 0.519 e. The smallest absolute Gasteiger partial charge is 0.497 e. The van der Waals surface area contributed by atoms with Crippen LogP contribution in [-0.4, -0.2) is 32.2 Å². The molecule has 0 spiro atoms. The third kappa shape index (κ3) is 9.09. The van der Waals surface area contributed by atoms with Crippen LogP contribution in [0.5, 0.6) is 23.0 Å². The van der Waals surface area contributed by atoms with Gasteiger partial charge in [-0.15, -0.1) is 0 Å². The van der Waals surface area contributed by atoms with Crippen LogP contribution >= 0.6 is 7.14 Å². The summed E-state index contributed by atoms with van der Waals surface area (Å²) in [5.41, 5.74) is 1.51. The summed E-state index contributed by atoms with van der Waals surface area (Å²) in [6.07, 6.45) is -1.12. The van der Waals surface area contributed by atoms with Gasteiger partial charge in [-0.05, 0) is 97.6 Å². The van der Waals surface area contributed by atoms with Crippen molar-refractivity contribution in [3.05, 3.63) is 141 Å². The lowest BCUT2D eigenvalue weighted by molar-refractivity contribution is 0.378. The molecule has 0 bridgehead atoms. The van der Waals surface area contributed by atoms with E-state index in [-0.39, 0.29) is 35.9 Å². The van der Waals surface area contributed by atoms with Crippen LogP contribution in [0, 0.1) is 0 Å². The van der Waals surface area contributed by atoms with Crippen LogP contribution in [0.4, 0.5) is 0 Å². The van der Waals surface area contributed by atoms with Crippen molar-refractivity contribution in [1.29, 1.82) is 0 Å². The first kappa shape index (κ1) is 37.2. The molecular weight excluding hydrogens is 727 g/mol. The van der Waals surface area contributed by atoms with Crippen LogP contribution in [0.3, 0.4) is 0 Å². The first-order valence-electron chi connectivity index (χ1n) is 16.3. The highest BCUT2D eigenvalue weighted by atomic mass is 32.2. The van der Waals surface area contributed by atoms with Gasteiger partial charge in [-0.2, -0.15) is 8.42 Å². The summed E-state index contributed by atoms with van der Waals surface area (Å²) < 4.78 is 90.3. The summed E-state index contributed by atoms with van der Waals surface area (Å²) in [6.45, 7) is 0. The second kappa shape index (κ2) is 16.0. The molecule has 6 rings (SSSR count). The second-order valence-electron chi connectivity index (χ2n) is 12.1. The number of ether oxygens (including phenoxy) is 3. The average molecular weight is 763 g/mol. The number of rotatable bonds is 16. The zero-order valence-electron chi connectivity index (χ0n) is 28.6.